The van der Waals surface area contributed by atoms with Crippen molar-refractivity contribution in [1.29, 1.82) is 0 Å². The summed E-state index contributed by atoms with van der Waals surface area (Å²) in [6, 6.07) is 11.0. The summed E-state index contributed by atoms with van der Waals surface area (Å²) in [7, 11) is -3.80. The molecule has 1 fully saturated rings. The number of hydrogen-bond donors (Lipinski definition) is 1. The van der Waals surface area contributed by atoms with Gasteiger partial charge in [0.2, 0.25) is 10.0 Å². The Labute approximate surface area is 156 Å². The van der Waals surface area contributed by atoms with Gasteiger partial charge in [-0.05, 0) is 36.6 Å². The molecule has 0 radical (unpaired) electrons. The molecule has 138 valence electrons. The van der Waals surface area contributed by atoms with Gasteiger partial charge in [0.1, 0.15) is 4.90 Å². The summed E-state index contributed by atoms with van der Waals surface area (Å²) in [5.74, 6) is 0. The van der Waals surface area contributed by atoms with Crippen LogP contribution in [0, 0.1) is 10.1 Å². The maximum atomic E-state index is 12.9. The first-order valence-corrected chi connectivity index (χ1v) is 9.96. The molecular formula is C17H18ClN3O4S. The van der Waals surface area contributed by atoms with Crippen molar-refractivity contribution in [2.75, 3.05) is 18.4 Å². The number of nitrogens with one attached hydrogen (secondary N) is 1. The van der Waals surface area contributed by atoms with Crippen LogP contribution in [0.4, 0.5) is 11.4 Å². The van der Waals surface area contributed by atoms with E-state index in [1.165, 1.54) is 16.4 Å². The fourth-order valence-electron chi connectivity index (χ4n) is 2.90. The molecule has 0 amide bonds. The lowest BCUT2D eigenvalue weighted by atomic mass is 10.2. The second-order valence-electron chi connectivity index (χ2n) is 6.03. The number of hydrogen-bond acceptors (Lipinski definition) is 5. The summed E-state index contributed by atoms with van der Waals surface area (Å²) in [4.78, 5) is 10.4. The molecule has 0 aromatic heterocycles. The summed E-state index contributed by atoms with van der Waals surface area (Å²) >= 11 is 5.97. The Morgan fingerprint density at radius 1 is 1.15 bits per heavy atom. The molecule has 2 aromatic carbocycles. The standard InChI is InChI=1S/C17H18ClN3O4S/c18-14-5-3-4-13(10-14)12-19-16-7-6-15(21(22)23)11-17(16)26(24,25)20-8-1-2-9-20/h3-7,10-11,19H,1-2,8-9,12H2. The van der Waals surface area contributed by atoms with E-state index in [0.29, 0.717) is 30.3 Å². The third-order valence-corrected chi connectivity index (χ3v) is 6.40. The van der Waals surface area contributed by atoms with Gasteiger partial charge in [0.05, 0.1) is 10.6 Å². The molecule has 26 heavy (non-hydrogen) atoms. The molecule has 3 rings (SSSR count). The number of anilines is 1. The van der Waals surface area contributed by atoms with Gasteiger partial charge in [-0.1, -0.05) is 23.7 Å². The van der Waals surface area contributed by atoms with Crippen LogP contribution < -0.4 is 5.32 Å². The molecular weight excluding hydrogens is 378 g/mol. The van der Waals surface area contributed by atoms with E-state index in [9.17, 15) is 18.5 Å². The smallest absolute Gasteiger partial charge is 0.270 e. The maximum absolute atomic E-state index is 12.9. The van der Waals surface area contributed by atoms with Crippen molar-refractivity contribution in [2.24, 2.45) is 0 Å². The van der Waals surface area contributed by atoms with Crippen molar-refractivity contribution in [2.45, 2.75) is 24.3 Å². The molecule has 1 saturated heterocycles. The zero-order valence-electron chi connectivity index (χ0n) is 13.9. The van der Waals surface area contributed by atoms with E-state index in [1.54, 1.807) is 18.2 Å². The average Bonchev–Trinajstić information content (AvgIpc) is 3.15. The third kappa shape index (κ3) is 3.98. The van der Waals surface area contributed by atoms with Gasteiger partial charge in [0.15, 0.2) is 0 Å². The quantitative estimate of drug-likeness (QED) is 0.595. The molecule has 0 atom stereocenters. The van der Waals surface area contributed by atoms with E-state index in [2.05, 4.69) is 5.32 Å². The highest BCUT2D eigenvalue weighted by Crippen LogP contribution is 2.31. The van der Waals surface area contributed by atoms with Crippen molar-refractivity contribution in [3.05, 3.63) is 63.2 Å². The number of nitro groups is 1. The molecule has 0 unspecified atom stereocenters. The third-order valence-electron chi connectivity index (χ3n) is 4.23. The average molecular weight is 396 g/mol. The first-order chi connectivity index (χ1) is 12.4. The first-order valence-electron chi connectivity index (χ1n) is 8.15. The zero-order valence-corrected chi connectivity index (χ0v) is 15.5. The summed E-state index contributed by atoms with van der Waals surface area (Å²) < 4.78 is 27.2. The van der Waals surface area contributed by atoms with Crippen LogP contribution in [0.2, 0.25) is 5.02 Å². The van der Waals surface area contributed by atoms with Crippen LogP contribution in [0.1, 0.15) is 18.4 Å². The minimum Gasteiger partial charge on any atom is -0.380 e. The van der Waals surface area contributed by atoms with Gasteiger partial charge < -0.3 is 5.32 Å². The van der Waals surface area contributed by atoms with Gasteiger partial charge in [0, 0.05) is 36.8 Å². The Hall–Kier alpha value is -2.16. The summed E-state index contributed by atoms with van der Waals surface area (Å²) in [6.07, 6.45) is 1.58. The highest BCUT2D eigenvalue weighted by atomic mass is 35.5. The SMILES string of the molecule is O=[N+]([O-])c1ccc(NCc2cccc(Cl)c2)c(S(=O)(=O)N2CCCC2)c1. The fourth-order valence-corrected chi connectivity index (χ4v) is 4.81. The number of rotatable bonds is 6. The van der Waals surface area contributed by atoms with Crippen LogP contribution in [0.3, 0.4) is 0 Å². The second-order valence-corrected chi connectivity index (χ2v) is 8.38. The van der Waals surface area contributed by atoms with Crippen LogP contribution in [-0.2, 0) is 16.6 Å². The van der Waals surface area contributed by atoms with Gasteiger partial charge in [-0.3, -0.25) is 10.1 Å². The fraction of sp³-hybridized carbons (Fsp3) is 0.294. The maximum Gasteiger partial charge on any atom is 0.270 e. The minimum absolute atomic E-state index is 0.0735. The van der Waals surface area contributed by atoms with Gasteiger partial charge in [0.25, 0.3) is 5.69 Å². The molecule has 0 aliphatic carbocycles. The van der Waals surface area contributed by atoms with E-state index in [1.807, 2.05) is 6.07 Å². The Morgan fingerprint density at radius 3 is 2.54 bits per heavy atom. The van der Waals surface area contributed by atoms with E-state index in [0.717, 1.165) is 24.5 Å². The van der Waals surface area contributed by atoms with Gasteiger partial charge >= 0.3 is 0 Å². The second kappa shape index (κ2) is 7.61. The van der Waals surface area contributed by atoms with E-state index < -0.39 is 14.9 Å². The van der Waals surface area contributed by atoms with Crippen molar-refractivity contribution < 1.29 is 13.3 Å². The Morgan fingerprint density at radius 2 is 1.88 bits per heavy atom. The molecule has 1 N–H and O–H groups in total. The number of halogens is 1. The molecule has 1 aliphatic rings. The normalized spacial score (nSPS) is 15.1. The van der Waals surface area contributed by atoms with Gasteiger partial charge in [-0.2, -0.15) is 4.31 Å². The van der Waals surface area contributed by atoms with Gasteiger partial charge in [-0.25, -0.2) is 8.42 Å². The number of nitro benzene ring substituents is 1. The predicted octanol–water partition coefficient (Wildman–Crippen LogP) is 3.64. The number of non-ortho nitro benzene ring substituents is 1. The summed E-state index contributed by atoms with van der Waals surface area (Å²) in [5, 5.41) is 14.7. The van der Waals surface area contributed by atoms with Crippen molar-refractivity contribution in [3.63, 3.8) is 0 Å². The minimum atomic E-state index is -3.80. The van der Waals surface area contributed by atoms with Crippen LogP contribution in [0.15, 0.2) is 47.4 Å². The Bertz CT molecular complexity index is 927. The van der Waals surface area contributed by atoms with Crippen LogP contribution >= 0.6 is 11.6 Å². The molecule has 1 heterocycles. The molecule has 7 nitrogen and oxygen atoms in total. The zero-order chi connectivity index (χ0) is 18.7. The van der Waals surface area contributed by atoms with E-state index in [4.69, 9.17) is 11.6 Å². The lowest BCUT2D eigenvalue weighted by Gasteiger charge is -2.19. The lowest BCUT2D eigenvalue weighted by molar-refractivity contribution is -0.385. The molecule has 1 aliphatic heterocycles. The highest BCUT2D eigenvalue weighted by molar-refractivity contribution is 7.89. The van der Waals surface area contributed by atoms with Gasteiger partial charge in [-0.15, -0.1) is 0 Å². The summed E-state index contributed by atoms with van der Waals surface area (Å²) in [5.41, 5.74) is 0.957. The Kier molecular flexibility index (Phi) is 5.45. The molecule has 0 bridgehead atoms. The molecule has 9 heteroatoms. The molecule has 0 spiro atoms. The van der Waals surface area contributed by atoms with Crippen LogP contribution in [0.25, 0.3) is 0 Å². The molecule has 0 saturated carbocycles. The molecule has 2 aromatic rings. The lowest BCUT2D eigenvalue weighted by Crippen LogP contribution is -2.28. The van der Waals surface area contributed by atoms with E-state index in [-0.39, 0.29) is 10.6 Å². The Balaban J connectivity index is 1.94. The number of benzene rings is 2. The van der Waals surface area contributed by atoms with Crippen LogP contribution in [-0.4, -0.2) is 30.7 Å². The monoisotopic (exact) mass is 395 g/mol. The van der Waals surface area contributed by atoms with Crippen molar-refractivity contribution in [3.8, 4) is 0 Å². The number of sulfonamides is 1. The van der Waals surface area contributed by atoms with Crippen molar-refractivity contribution in [1.82, 2.24) is 4.31 Å². The number of nitrogens with zero attached hydrogens (tertiary/aromatic N) is 2. The predicted molar refractivity (Wildman–Crippen MR) is 99.9 cm³/mol. The first kappa shape index (κ1) is 18.6. The highest BCUT2D eigenvalue weighted by Gasteiger charge is 2.30. The van der Waals surface area contributed by atoms with Crippen molar-refractivity contribution >= 4 is 33.0 Å². The summed E-state index contributed by atoms with van der Waals surface area (Å²) in [6.45, 7) is 1.21. The van der Waals surface area contributed by atoms with E-state index >= 15 is 0 Å². The largest absolute Gasteiger partial charge is 0.380 e. The topological polar surface area (TPSA) is 92.5 Å². The van der Waals surface area contributed by atoms with Crippen LogP contribution in [0.5, 0.6) is 0 Å².